The molecule has 1 aromatic carbocycles. The maximum Gasteiger partial charge on any atom is 0.256 e. The van der Waals surface area contributed by atoms with Gasteiger partial charge in [0.15, 0.2) is 0 Å². The van der Waals surface area contributed by atoms with Gasteiger partial charge in [-0.1, -0.05) is 12.2 Å². The van der Waals surface area contributed by atoms with Gasteiger partial charge in [0.25, 0.3) is 5.91 Å². The molecule has 0 heterocycles. The number of nitrogens with two attached hydrogens (primary N) is 1. The Bertz CT molecular complexity index is 488. The molecule has 1 amide bonds. The van der Waals surface area contributed by atoms with Crippen molar-refractivity contribution in [1.29, 1.82) is 0 Å². The lowest BCUT2D eigenvalue weighted by atomic mass is 10.1. The van der Waals surface area contributed by atoms with Gasteiger partial charge in [0, 0.05) is 18.8 Å². The molecule has 2 N–H and O–H groups in total. The van der Waals surface area contributed by atoms with E-state index in [2.05, 4.69) is 22.5 Å². The number of amides is 1. The highest BCUT2D eigenvalue weighted by atomic mass is 79.9. The maximum absolute atomic E-state index is 13.5. The van der Waals surface area contributed by atoms with E-state index in [1.165, 1.54) is 6.07 Å². The van der Waals surface area contributed by atoms with Crippen molar-refractivity contribution in [3.8, 4) is 0 Å². The normalized spacial score (nSPS) is 10.2. The van der Waals surface area contributed by atoms with Gasteiger partial charge in [0.2, 0.25) is 0 Å². The zero-order valence-electron chi connectivity index (χ0n) is 10.5. The van der Waals surface area contributed by atoms with Gasteiger partial charge in [-0.15, -0.1) is 0 Å². The van der Waals surface area contributed by atoms with Crippen molar-refractivity contribution < 1.29 is 9.18 Å². The number of likely N-dealkylation sites (N-methyl/N-ethyl adjacent to an activating group) is 1. The summed E-state index contributed by atoms with van der Waals surface area (Å²) < 4.78 is 13.7. The van der Waals surface area contributed by atoms with Gasteiger partial charge in [0.1, 0.15) is 5.82 Å². The molecule has 3 nitrogen and oxygen atoms in total. The van der Waals surface area contributed by atoms with E-state index < -0.39 is 5.82 Å². The molecule has 0 fully saturated rings. The quantitative estimate of drug-likeness (QED) is 0.685. The highest BCUT2D eigenvalue weighted by Crippen LogP contribution is 2.23. The van der Waals surface area contributed by atoms with Gasteiger partial charge in [-0.2, -0.15) is 0 Å². The second-order valence-electron chi connectivity index (χ2n) is 4.13. The Morgan fingerprint density at radius 2 is 2.17 bits per heavy atom. The molecule has 0 unspecified atom stereocenters. The van der Waals surface area contributed by atoms with E-state index in [1.807, 2.05) is 13.8 Å². The van der Waals surface area contributed by atoms with Gasteiger partial charge < -0.3 is 10.6 Å². The van der Waals surface area contributed by atoms with E-state index in [4.69, 9.17) is 5.73 Å². The predicted molar refractivity (Wildman–Crippen MR) is 74.9 cm³/mol. The van der Waals surface area contributed by atoms with E-state index in [1.54, 1.807) is 4.90 Å². The van der Waals surface area contributed by atoms with Gasteiger partial charge in [0.05, 0.1) is 10.0 Å². The summed E-state index contributed by atoms with van der Waals surface area (Å²) in [6.07, 6.45) is 0. The monoisotopic (exact) mass is 314 g/mol. The molecule has 0 radical (unpaired) electrons. The number of hydrogen-bond acceptors (Lipinski definition) is 2. The second-order valence-corrected chi connectivity index (χ2v) is 4.98. The fourth-order valence-corrected chi connectivity index (χ4v) is 1.93. The van der Waals surface area contributed by atoms with E-state index in [9.17, 15) is 9.18 Å². The van der Waals surface area contributed by atoms with Crippen LogP contribution in [0, 0.1) is 5.82 Å². The van der Waals surface area contributed by atoms with Crippen molar-refractivity contribution in [2.75, 3.05) is 18.8 Å². The first-order valence-electron chi connectivity index (χ1n) is 5.55. The van der Waals surface area contributed by atoms with Crippen LogP contribution in [0.25, 0.3) is 0 Å². The van der Waals surface area contributed by atoms with Crippen LogP contribution in [-0.2, 0) is 0 Å². The lowest BCUT2D eigenvalue weighted by Gasteiger charge is -2.22. The molecule has 0 atom stereocenters. The minimum atomic E-state index is -0.501. The minimum Gasteiger partial charge on any atom is -0.398 e. The molecule has 0 aliphatic carbocycles. The summed E-state index contributed by atoms with van der Waals surface area (Å²) in [5.41, 5.74) is 7.05. The van der Waals surface area contributed by atoms with Gasteiger partial charge in [-0.25, -0.2) is 4.39 Å². The third kappa shape index (κ3) is 3.32. The summed E-state index contributed by atoms with van der Waals surface area (Å²) in [7, 11) is 0. The molecule has 0 spiro atoms. The Kier molecular flexibility index (Phi) is 4.90. The summed E-state index contributed by atoms with van der Waals surface area (Å²) in [5.74, 6) is -0.789. The van der Waals surface area contributed by atoms with Crippen LogP contribution in [0.1, 0.15) is 24.2 Å². The number of nitrogens with zero attached hydrogens (tertiary/aromatic N) is 1. The SMILES string of the molecule is C=C(C)CN(CC)C(=O)c1cc(F)c(Br)cc1N. The topological polar surface area (TPSA) is 46.3 Å². The largest absolute Gasteiger partial charge is 0.398 e. The smallest absolute Gasteiger partial charge is 0.256 e. The van der Waals surface area contributed by atoms with E-state index in [-0.39, 0.29) is 21.6 Å². The average molecular weight is 315 g/mol. The molecule has 1 rings (SSSR count). The van der Waals surface area contributed by atoms with Crippen molar-refractivity contribution >= 4 is 27.5 Å². The fraction of sp³-hybridized carbons (Fsp3) is 0.308. The summed E-state index contributed by atoms with van der Waals surface area (Å²) in [4.78, 5) is 13.8. The van der Waals surface area contributed by atoms with Gasteiger partial charge >= 0.3 is 0 Å². The third-order valence-corrected chi connectivity index (χ3v) is 3.06. The molecular weight excluding hydrogens is 299 g/mol. The molecule has 0 aromatic heterocycles. The van der Waals surface area contributed by atoms with Crippen molar-refractivity contribution in [2.45, 2.75) is 13.8 Å². The molecule has 0 saturated heterocycles. The van der Waals surface area contributed by atoms with E-state index in [0.29, 0.717) is 13.1 Å². The number of carbonyl (C=O) groups is 1. The molecule has 1 aromatic rings. The molecule has 0 saturated carbocycles. The van der Waals surface area contributed by atoms with Crippen LogP contribution < -0.4 is 5.73 Å². The molecule has 98 valence electrons. The van der Waals surface area contributed by atoms with Crippen LogP contribution in [0.5, 0.6) is 0 Å². The fourth-order valence-electron chi connectivity index (χ4n) is 1.57. The van der Waals surface area contributed by atoms with Gasteiger partial charge in [-0.05, 0) is 41.9 Å². The van der Waals surface area contributed by atoms with Crippen LogP contribution in [0.3, 0.4) is 0 Å². The standard InChI is InChI=1S/C13H16BrFN2O/c1-4-17(7-8(2)3)13(18)9-5-11(15)10(14)6-12(9)16/h5-6H,2,4,7,16H2,1,3H3. The molecule has 0 bridgehead atoms. The second kappa shape index (κ2) is 6.00. The summed E-state index contributed by atoms with van der Waals surface area (Å²) in [5, 5.41) is 0. The van der Waals surface area contributed by atoms with Crippen molar-refractivity contribution in [1.82, 2.24) is 4.90 Å². The summed E-state index contributed by atoms with van der Waals surface area (Å²) >= 11 is 3.03. The van der Waals surface area contributed by atoms with E-state index in [0.717, 1.165) is 11.6 Å². The highest BCUT2D eigenvalue weighted by Gasteiger charge is 2.18. The third-order valence-electron chi connectivity index (χ3n) is 2.45. The zero-order chi connectivity index (χ0) is 13.9. The first-order chi connectivity index (χ1) is 8.36. The number of rotatable bonds is 4. The highest BCUT2D eigenvalue weighted by molar-refractivity contribution is 9.10. The van der Waals surface area contributed by atoms with Crippen molar-refractivity contribution in [2.24, 2.45) is 0 Å². The number of nitrogen functional groups attached to an aromatic ring is 1. The summed E-state index contributed by atoms with van der Waals surface area (Å²) in [6.45, 7) is 8.41. The number of anilines is 1. The van der Waals surface area contributed by atoms with Crippen LogP contribution in [0.15, 0.2) is 28.8 Å². The van der Waals surface area contributed by atoms with E-state index >= 15 is 0 Å². The number of hydrogen-bond donors (Lipinski definition) is 1. The van der Waals surface area contributed by atoms with Crippen LogP contribution in [0.2, 0.25) is 0 Å². The predicted octanol–water partition coefficient (Wildman–Crippen LogP) is 3.21. The lowest BCUT2D eigenvalue weighted by molar-refractivity contribution is 0.0779. The van der Waals surface area contributed by atoms with Crippen molar-refractivity contribution in [3.63, 3.8) is 0 Å². The summed E-state index contributed by atoms with van der Waals surface area (Å²) in [6, 6.07) is 2.56. The van der Waals surface area contributed by atoms with Crippen LogP contribution >= 0.6 is 15.9 Å². The Hall–Kier alpha value is -1.36. The maximum atomic E-state index is 13.5. The minimum absolute atomic E-state index is 0.179. The van der Waals surface area contributed by atoms with Crippen LogP contribution in [0.4, 0.5) is 10.1 Å². The first-order valence-corrected chi connectivity index (χ1v) is 6.34. The Balaban J connectivity index is 3.09. The van der Waals surface area contributed by atoms with Crippen molar-refractivity contribution in [3.05, 3.63) is 40.1 Å². The molecular formula is C13H16BrFN2O. The zero-order valence-corrected chi connectivity index (χ0v) is 12.1. The Morgan fingerprint density at radius 3 is 2.67 bits per heavy atom. The van der Waals surface area contributed by atoms with Gasteiger partial charge in [-0.3, -0.25) is 4.79 Å². The van der Waals surface area contributed by atoms with Crippen LogP contribution in [-0.4, -0.2) is 23.9 Å². The Labute approximate surface area is 115 Å². The number of carbonyl (C=O) groups excluding carboxylic acids is 1. The molecule has 0 aliphatic heterocycles. The number of halogens is 2. The molecule has 18 heavy (non-hydrogen) atoms. The number of benzene rings is 1. The first kappa shape index (κ1) is 14.7. The average Bonchev–Trinajstić information content (AvgIpc) is 2.29. The molecule has 0 aliphatic rings. The molecule has 5 heteroatoms. The Morgan fingerprint density at radius 1 is 1.56 bits per heavy atom. The lowest BCUT2D eigenvalue weighted by Crippen LogP contribution is -2.32.